The molecule has 0 aromatic heterocycles. The van der Waals surface area contributed by atoms with E-state index in [1.54, 1.807) is 11.9 Å². The van der Waals surface area contributed by atoms with Crippen LogP contribution in [0.25, 0.3) is 0 Å². The number of aliphatic hydroxyl groups is 1. The second-order valence-electron chi connectivity index (χ2n) is 6.03. The van der Waals surface area contributed by atoms with Crippen molar-refractivity contribution in [2.24, 2.45) is 0 Å². The van der Waals surface area contributed by atoms with Crippen LogP contribution < -0.4 is 5.32 Å². The number of hydrogen-bond donors (Lipinski definition) is 2. The molecule has 17 heavy (non-hydrogen) atoms. The van der Waals surface area contributed by atoms with Gasteiger partial charge in [0.2, 0.25) is 5.91 Å². The van der Waals surface area contributed by atoms with Crippen LogP contribution in [0, 0.1) is 0 Å². The van der Waals surface area contributed by atoms with E-state index in [9.17, 15) is 9.90 Å². The molecule has 4 nitrogen and oxygen atoms in total. The van der Waals surface area contributed by atoms with Crippen molar-refractivity contribution in [1.82, 2.24) is 10.2 Å². The third-order valence-electron chi connectivity index (χ3n) is 3.35. The van der Waals surface area contributed by atoms with Gasteiger partial charge in [-0.2, -0.15) is 0 Å². The highest BCUT2D eigenvalue weighted by molar-refractivity contribution is 5.78. The van der Waals surface area contributed by atoms with Crippen molar-refractivity contribution >= 4 is 5.91 Å². The van der Waals surface area contributed by atoms with Gasteiger partial charge in [-0.3, -0.25) is 4.79 Å². The van der Waals surface area contributed by atoms with Gasteiger partial charge in [-0.25, -0.2) is 0 Å². The van der Waals surface area contributed by atoms with Crippen LogP contribution in [0.4, 0.5) is 0 Å². The van der Waals surface area contributed by atoms with Crippen molar-refractivity contribution in [3.8, 4) is 0 Å². The molecule has 0 aliphatic heterocycles. The first kappa shape index (κ1) is 14.5. The summed E-state index contributed by atoms with van der Waals surface area (Å²) >= 11 is 0. The number of likely N-dealkylation sites (N-methyl/N-ethyl adjacent to an activating group) is 1. The van der Waals surface area contributed by atoms with Crippen LogP contribution in [0.1, 0.15) is 46.5 Å². The van der Waals surface area contributed by atoms with Crippen LogP contribution in [0.2, 0.25) is 0 Å². The highest BCUT2D eigenvalue weighted by Gasteiger charge is 2.29. The van der Waals surface area contributed by atoms with Crippen LogP contribution in [-0.2, 0) is 4.79 Å². The minimum atomic E-state index is -0.354. The van der Waals surface area contributed by atoms with Crippen molar-refractivity contribution < 1.29 is 9.90 Å². The van der Waals surface area contributed by atoms with Crippen LogP contribution in [-0.4, -0.2) is 47.2 Å². The Bertz CT molecular complexity index is 261. The van der Waals surface area contributed by atoms with Gasteiger partial charge >= 0.3 is 0 Å². The van der Waals surface area contributed by atoms with Gasteiger partial charge in [0.25, 0.3) is 0 Å². The lowest BCUT2D eigenvalue weighted by atomic mass is 9.91. The molecule has 0 bridgehead atoms. The highest BCUT2D eigenvalue weighted by atomic mass is 16.3. The molecule has 0 heterocycles. The van der Waals surface area contributed by atoms with Crippen LogP contribution in [0.15, 0.2) is 0 Å². The number of carbonyl (C=O) groups excluding carboxylic acids is 1. The fourth-order valence-electron chi connectivity index (χ4n) is 2.19. The highest BCUT2D eigenvalue weighted by Crippen LogP contribution is 2.22. The normalized spacial score (nSPS) is 25.7. The summed E-state index contributed by atoms with van der Waals surface area (Å²) in [5, 5.41) is 13.1. The van der Waals surface area contributed by atoms with Gasteiger partial charge in [-0.05, 0) is 33.6 Å². The zero-order valence-electron chi connectivity index (χ0n) is 11.5. The minimum absolute atomic E-state index is 0.00183. The monoisotopic (exact) mass is 242 g/mol. The Morgan fingerprint density at radius 2 is 1.94 bits per heavy atom. The van der Waals surface area contributed by atoms with Gasteiger partial charge in [0.15, 0.2) is 0 Å². The lowest BCUT2D eigenvalue weighted by Crippen LogP contribution is -2.50. The molecule has 1 aliphatic rings. The number of amides is 1. The summed E-state index contributed by atoms with van der Waals surface area (Å²) in [4.78, 5) is 13.7. The van der Waals surface area contributed by atoms with Crippen molar-refractivity contribution in [2.75, 3.05) is 13.6 Å². The van der Waals surface area contributed by atoms with Gasteiger partial charge in [-0.1, -0.05) is 12.8 Å². The van der Waals surface area contributed by atoms with E-state index in [-0.39, 0.29) is 23.6 Å². The molecule has 2 atom stereocenters. The zero-order valence-corrected chi connectivity index (χ0v) is 11.5. The third-order valence-corrected chi connectivity index (χ3v) is 3.35. The SMILES string of the molecule is CN(C(=O)CNC(C)(C)C)C1CCCCC1O. The van der Waals surface area contributed by atoms with E-state index in [2.05, 4.69) is 5.32 Å². The van der Waals surface area contributed by atoms with E-state index in [1.165, 1.54) is 0 Å². The first-order valence-corrected chi connectivity index (χ1v) is 6.50. The van der Waals surface area contributed by atoms with Crippen molar-refractivity contribution in [3.63, 3.8) is 0 Å². The molecule has 1 saturated carbocycles. The Morgan fingerprint density at radius 3 is 2.47 bits per heavy atom. The van der Waals surface area contributed by atoms with E-state index in [4.69, 9.17) is 0 Å². The van der Waals surface area contributed by atoms with Gasteiger partial charge in [0.05, 0.1) is 18.7 Å². The summed E-state index contributed by atoms with van der Waals surface area (Å²) < 4.78 is 0. The predicted octanol–water partition coefficient (Wildman–Crippen LogP) is 1.14. The molecule has 0 aromatic carbocycles. The number of aliphatic hydroxyl groups excluding tert-OH is 1. The van der Waals surface area contributed by atoms with E-state index in [0.717, 1.165) is 25.7 Å². The molecule has 0 spiro atoms. The molecule has 0 aromatic rings. The largest absolute Gasteiger partial charge is 0.391 e. The zero-order chi connectivity index (χ0) is 13.1. The molecule has 100 valence electrons. The first-order valence-electron chi connectivity index (χ1n) is 6.50. The standard InChI is InChI=1S/C13H26N2O2/c1-13(2,3)14-9-12(17)15(4)10-7-5-6-8-11(10)16/h10-11,14,16H,5-9H2,1-4H3. The maximum Gasteiger partial charge on any atom is 0.236 e. The van der Waals surface area contributed by atoms with E-state index in [0.29, 0.717) is 6.54 Å². The Morgan fingerprint density at radius 1 is 1.35 bits per heavy atom. The Labute approximate surface area is 104 Å². The summed E-state index contributed by atoms with van der Waals surface area (Å²) in [5.74, 6) is 0.0610. The number of nitrogens with one attached hydrogen (secondary N) is 1. The summed E-state index contributed by atoms with van der Waals surface area (Å²) in [7, 11) is 1.80. The van der Waals surface area contributed by atoms with Crippen molar-refractivity contribution in [3.05, 3.63) is 0 Å². The van der Waals surface area contributed by atoms with Crippen LogP contribution >= 0.6 is 0 Å². The molecular weight excluding hydrogens is 216 g/mol. The minimum Gasteiger partial charge on any atom is -0.391 e. The number of carbonyl (C=O) groups is 1. The quantitative estimate of drug-likeness (QED) is 0.780. The predicted molar refractivity (Wildman–Crippen MR) is 68.8 cm³/mol. The molecule has 0 radical (unpaired) electrons. The number of nitrogens with zero attached hydrogens (tertiary/aromatic N) is 1. The molecule has 1 aliphatic carbocycles. The second-order valence-corrected chi connectivity index (χ2v) is 6.03. The lowest BCUT2D eigenvalue weighted by Gasteiger charge is -2.35. The van der Waals surface area contributed by atoms with Crippen molar-refractivity contribution in [1.29, 1.82) is 0 Å². The molecule has 2 N–H and O–H groups in total. The fraction of sp³-hybridized carbons (Fsp3) is 0.923. The molecule has 2 unspecified atom stereocenters. The average molecular weight is 242 g/mol. The van der Waals surface area contributed by atoms with Crippen LogP contribution in [0.5, 0.6) is 0 Å². The Hall–Kier alpha value is -0.610. The van der Waals surface area contributed by atoms with E-state index in [1.807, 2.05) is 20.8 Å². The van der Waals surface area contributed by atoms with E-state index >= 15 is 0 Å². The van der Waals surface area contributed by atoms with Gasteiger partial charge in [0, 0.05) is 12.6 Å². The van der Waals surface area contributed by atoms with Gasteiger partial charge in [0.1, 0.15) is 0 Å². The first-order chi connectivity index (χ1) is 7.81. The summed E-state index contributed by atoms with van der Waals surface area (Å²) in [6.07, 6.45) is 3.55. The van der Waals surface area contributed by atoms with E-state index < -0.39 is 0 Å². The van der Waals surface area contributed by atoms with Gasteiger partial charge in [-0.15, -0.1) is 0 Å². The Kier molecular flexibility index (Phi) is 4.95. The molecule has 1 fully saturated rings. The summed E-state index contributed by atoms with van der Waals surface area (Å²) in [6, 6.07) is -0.00183. The van der Waals surface area contributed by atoms with Crippen LogP contribution in [0.3, 0.4) is 0 Å². The second kappa shape index (κ2) is 5.83. The maximum absolute atomic E-state index is 12.0. The number of hydrogen-bond acceptors (Lipinski definition) is 3. The molecule has 4 heteroatoms. The lowest BCUT2D eigenvalue weighted by molar-refractivity contribution is -0.134. The molecule has 1 amide bonds. The molecular formula is C13H26N2O2. The smallest absolute Gasteiger partial charge is 0.236 e. The Balaban J connectivity index is 2.45. The van der Waals surface area contributed by atoms with Crippen molar-refractivity contribution in [2.45, 2.75) is 64.1 Å². The molecule has 0 saturated heterocycles. The molecule has 1 rings (SSSR count). The fourth-order valence-corrected chi connectivity index (χ4v) is 2.19. The maximum atomic E-state index is 12.0. The third kappa shape index (κ3) is 4.64. The van der Waals surface area contributed by atoms with Gasteiger partial charge < -0.3 is 15.3 Å². The average Bonchev–Trinajstić information content (AvgIpc) is 2.24. The summed E-state index contributed by atoms with van der Waals surface area (Å²) in [5.41, 5.74) is -0.0539. The summed E-state index contributed by atoms with van der Waals surface area (Å²) in [6.45, 7) is 6.45. The topological polar surface area (TPSA) is 52.6 Å². The number of rotatable bonds is 3.